The minimum absolute atomic E-state index is 0.260. The second-order valence-corrected chi connectivity index (χ2v) is 3.81. The van der Waals surface area contributed by atoms with Gasteiger partial charge in [0.05, 0.1) is 0 Å². The van der Waals surface area contributed by atoms with Crippen molar-refractivity contribution in [1.82, 2.24) is 5.32 Å². The lowest BCUT2D eigenvalue weighted by molar-refractivity contribution is -0.109. The second-order valence-electron chi connectivity index (χ2n) is 2.64. The number of amides is 1. The van der Waals surface area contributed by atoms with Gasteiger partial charge in [-0.15, -0.1) is 0 Å². The van der Waals surface area contributed by atoms with E-state index in [1.807, 2.05) is 0 Å². The van der Waals surface area contributed by atoms with Crippen LogP contribution in [0.3, 0.4) is 0 Å². The van der Waals surface area contributed by atoms with Crippen molar-refractivity contribution in [2.45, 2.75) is 10.9 Å². The predicted molar refractivity (Wildman–Crippen MR) is 52.0 cm³/mol. The lowest BCUT2D eigenvalue weighted by Crippen LogP contribution is -2.20. The SMILES string of the molecule is O=CNC(SC(F)(F)F)c1ccccc1. The van der Waals surface area contributed by atoms with E-state index in [4.69, 9.17) is 0 Å². The minimum atomic E-state index is -4.38. The first-order valence-corrected chi connectivity index (χ1v) is 4.90. The number of hydrogen-bond donors (Lipinski definition) is 1. The van der Waals surface area contributed by atoms with Crippen molar-refractivity contribution in [3.63, 3.8) is 0 Å². The van der Waals surface area contributed by atoms with Crippen molar-refractivity contribution in [2.75, 3.05) is 0 Å². The summed E-state index contributed by atoms with van der Waals surface area (Å²) in [7, 11) is 0. The maximum absolute atomic E-state index is 12.1. The molecule has 1 aromatic carbocycles. The zero-order valence-corrected chi connectivity index (χ0v) is 8.31. The number of halogens is 3. The highest BCUT2D eigenvalue weighted by Crippen LogP contribution is 2.40. The summed E-state index contributed by atoms with van der Waals surface area (Å²) >= 11 is -0.263. The number of nitrogens with one attached hydrogen (secondary N) is 1. The number of carbonyl (C=O) groups excluding carboxylic acids is 1. The molecule has 0 aliphatic rings. The zero-order valence-electron chi connectivity index (χ0n) is 7.49. The molecule has 1 amide bonds. The molecule has 0 spiro atoms. The van der Waals surface area contributed by atoms with E-state index in [2.05, 4.69) is 5.32 Å². The number of carbonyl (C=O) groups is 1. The predicted octanol–water partition coefficient (Wildman–Crippen LogP) is 2.68. The van der Waals surface area contributed by atoms with E-state index in [1.165, 1.54) is 12.1 Å². The summed E-state index contributed by atoms with van der Waals surface area (Å²) in [4.78, 5) is 10.2. The monoisotopic (exact) mass is 235 g/mol. The number of rotatable bonds is 4. The highest BCUT2D eigenvalue weighted by Gasteiger charge is 2.33. The lowest BCUT2D eigenvalue weighted by Gasteiger charge is -2.17. The Morgan fingerprint density at radius 3 is 2.33 bits per heavy atom. The van der Waals surface area contributed by atoms with Crippen molar-refractivity contribution in [2.24, 2.45) is 0 Å². The first-order chi connectivity index (χ1) is 7.03. The van der Waals surface area contributed by atoms with Crippen LogP contribution in [-0.4, -0.2) is 11.9 Å². The van der Waals surface area contributed by atoms with Gasteiger partial charge in [0.1, 0.15) is 5.37 Å². The van der Waals surface area contributed by atoms with Gasteiger partial charge in [-0.25, -0.2) is 0 Å². The van der Waals surface area contributed by atoms with Gasteiger partial charge in [0.15, 0.2) is 0 Å². The van der Waals surface area contributed by atoms with Gasteiger partial charge in [-0.2, -0.15) is 13.2 Å². The van der Waals surface area contributed by atoms with Gasteiger partial charge in [-0.1, -0.05) is 30.3 Å². The summed E-state index contributed by atoms with van der Waals surface area (Å²) in [5.41, 5.74) is -3.97. The molecule has 82 valence electrons. The number of alkyl halides is 3. The Morgan fingerprint density at radius 1 is 1.27 bits per heavy atom. The van der Waals surface area contributed by atoms with Gasteiger partial charge in [0, 0.05) is 0 Å². The largest absolute Gasteiger partial charge is 0.444 e. The molecular weight excluding hydrogens is 227 g/mol. The van der Waals surface area contributed by atoms with Gasteiger partial charge < -0.3 is 5.32 Å². The molecule has 1 N–H and O–H groups in total. The molecule has 6 heteroatoms. The molecule has 1 rings (SSSR count). The Morgan fingerprint density at radius 2 is 1.87 bits per heavy atom. The van der Waals surface area contributed by atoms with E-state index >= 15 is 0 Å². The van der Waals surface area contributed by atoms with E-state index in [-0.39, 0.29) is 18.2 Å². The van der Waals surface area contributed by atoms with Gasteiger partial charge in [0.2, 0.25) is 6.41 Å². The average Bonchev–Trinajstić information content (AvgIpc) is 2.17. The maximum atomic E-state index is 12.1. The zero-order chi connectivity index (χ0) is 11.3. The summed E-state index contributed by atoms with van der Waals surface area (Å²) in [5, 5.41) is 1.02. The minimum Gasteiger partial charge on any atom is -0.342 e. The third kappa shape index (κ3) is 4.24. The fourth-order valence-corrected chi connectivity index (χ4v) is 1.71. The van der Waals surface area contributed by atoms with Gasteiger partial charge in [-0.3, -0.25) is 4.79 Å². The molecule has 1 aromatic rings. The summed E-state index contributed by atoms with van der Waals surface area (Å²) in [6.07, 6.45) is 0.260. The van der Waals surface area contributed by atoms with Crippen LogP contribution in [0.15, 0.2) is 30.3 Å². The van der Waals surface area contributed by atoms with E-state index < -0.39 is 10.9 Å². The molecule has 0 saturated heterocycles. The average molecular weight is 235 g/mol. The number of hydrogen-bond acceptors (Lipinski definition) is 2. The van der Waals surface area contributed by atoms with Crippen LogP contribution >= 0.6 is 11.8 Å². The van der Waals surface area contributed by atoms with Gasteiger partial charge in [0.25, 0.3) is 0 Å². The summed E-state index contributed by atoms with van der Waals surface area (Å²) in [5.74, 6) is 0. The van der Waals surface area contributed by atoms with Gasteiger partial charge >= 0.3 is 5.51 Å². The van der Waals surface area contributed by atoms with Crippen molar-refractivity contribution in [3.8, 4) is 0 Å². The molecule has 0 radical (unpaired) electrons. The lowest BCUT2D eigenvalue weighted by atomic mass is 10.2. The standard InChI is InChI=1S/C9H8F3NOS/c10-9(11,12)15-8(13-6-14)7-4-2-1-3-5-7/h1-6,8H,(H,13,14). The molecule has 1 unspecified atom stereocenters. The fraction of sp³-hybridized carbons (Fsp3) is 0.222. The smallest absolute Gasteiger partial charge is 0.342 e. The summed E-state index contributed by atoms with van der Waals surface area (Å²) in [6.45, 7) is 0. The Balaban J connectivity index is 2.79. The van der Waals surface area contributed by atoms with Crippen LogP contribution in [0.5, 0.6) is 0 Å². The maximum Gasteiger partial charge on any atom is 0.444 e. The Kier molecular flexibility index (Phi) is 4.02. The Labute approximate surface area is 88.9 Å². The fourth-order valence-electron chi connectivity index (χ4n) is 1.02. The van der Waals surface area contributed by atoms with Crippen LogP contribution in [0.1, 0.15) is 10.9 Å². The molecule has 0 aliphatic carbocycles. The molecular formula is C9H8F3NOS. The van der Waals surface area contributed by atoms with E-state index in [0.29, 0.717) is 5.56 Å². The number of benzene rings is 1. The summed E-state index contributed by atoms with van der Waals surface area (Å²) < 4.78 is 36.4. The van der Waals surface area contributed by atoms with Crippen LogP contribution in [0, 0.1) is 0 Å². The van der Waals surface area contributed by atoms with Crippen molar-refractivity contribution in [1.29, 1.82) is 0 Å². The first kappa shape index (κ1) is 11.9. The Hall–Kier alpha value is -1.17. The van der Waals surface area contributed by atoms with Crippen LogP contribution in [0.2, 0.25) is 0 Å². The molecule has 15 heavy (non-hydrogen) atoms. The molecule has 2 nitrogen and oxygen atoms in total. The highest BCUT2D eigenvalue weighted by atomic mass is 32.2. The van der Waals surface area contributed by atoms with Crippen LogP contribution in [0.4, 0.5) is 13.2 Å². The van der Waals surface area contributed by atoms with Crippen molar-refractivity contribution < 1.29 is 18.0 Å². The number of thioether (sulfide) groups is 1. The molecule has 0 bridgehead atoms. The van der Waals surface area contributed by atoms with Crippen molar-refractivity contribution >= 4 is 18.2 Å². The molecule has 0 heterocycles. The molecule has 0 aromatic heterocycles. The van der Waals surface area contributed by atoms with Crippen molar-refractivity contribution in [3.05, 3.63) is 35.9 Å². The molecule has 0 saturated carbocycles. The molecule has 1 atom stereocenters. The van der Waals surface area contributed by atoms with Crippen LogP contribution < -0.4 is 5.32 Å². The third-order valence-corrected chi connectivity index (χ3v) is 2.48. The normalized spacial score (nSPS) is 13.3. The van der Waals surface area contributed by atoms with Crippen LogP contribution in [0.25, 0.3) is 0 Å². The van der Waals surface area contributed by atoms with Gasteiger partial charge in [-0.05, 0) is 17.3 Å². The quantitative estimate of drug-likeness (QED) is 0.642. The van der Waals surface area contributed by atoms with E-state index in [1.54, 1.807) is 18.2 Å². The topological polar surface area (TPSA) is 29.1 Å². The second kappa shape index (κ2) is 5.06. The Bertz CT molecular complexity index is 315. The summed E-state index contributed by atoms with van der Waals surface area (Å²) in [6, 6.07) is 7.98. The van der Waals surface area contributed by atoms with E-state index in [9.17, 15) is 18.0 Å². The van der Waals surface area contributed by atoms with Crippen LogP contribution in [-0.2, 0) is 4.79 Å². The van der Waals surface area contributed by atoms with E-state index in [0.717, 1.165) is 0 Å². The molecule has 0 aliphatic heterocycles. The molecule has 0 fully saturated rings. The first-order valence-electron chi connectivity index (χ1n) is 4.02. The highest BCUT2D eigenvalue weighted by molar-refractivity contribution is 8.00. The third-order valence-electron chi connectivity index (χ3n) is 1.57.